The number of carbonyl (C=O) groups is 2. The molecule has 1 aromatic heterocycles. The number of urea groups is 1. The summed E-state index contributed by atoms with van der Waals surface area (Å²) in [6.45, 7) is 4.61. The SMILES string of the molecule is Cc1ccc(S(C)(=O)=O)cc1NC(=O)NCCC(=O)N1CCN(c2ccccn2)CC1. The van der Waals surface area contributed by atoms with Crippen LogP contribution in [0.15, 0.2) is 47.5 Å². The molecule has 166 valence electrons. The molecule has 1 aliphatic heterocycles. The van der Waals surface area contributed by atoms with Crippen molar-refractivity contribution in [1.82, 2.24) is 15.2 Å². The van der Waals surface area contributed by atoms with Gasteiger partial charge in [0.15, 0.2) is 9.84 Å². The van der Waals surface area contributed by atoms with E-state index in [9.17, 15) is 18.0 Å². The molecule has 0 atom stereocenters. The number of hydrogen-bond donors (Lipinski definition) is 2. The van der Waals surface area contributed by atoms with E-state index in [4.69, 9.17) is 0 Å². The molecule has 31 heavy (non-hydrogen) atoms. The minimum atomic E-state index is -3.37. The standard InChI is InChI=1S/C21H27N5O4S/c1-16-6-7-17(31(2,29)30)15-18(16)24-21(28)23-10-8-20(27)26-13-11-25(12-14-26)19-5-3-4-9-22-19/h3-7,9,15H,8,10-14H2,1-2H3,(H2,23,24,28). The second-order valence-corrected chi connectivity index (χ2v) is 9.45. The summed E-state index contributed by atoms with van der Waals surface area (Å²) in [4.78, 5) is 33.0. The normalized spacial score (nSPS) is 14.3. The van der Waals surface area contributed by atoms with Crippen LogP contribution in [0.2, 0.25) is 0 Å². The summed E-state index contributed by atoms with van der Waals surface area (Å²) < 4.78 is 23.4. The van der Waals surface area contributed by atoms with Crippen LogP contribution in [0.4, 0.5) is 16.3 Å². The number of piperazine rings is 1. The summed E-state index contributed by atoms with van der Waals surface area (Å²) in [6, 6.07) is 9.84. The molecule has 1 aromatic carbocycles. The highest BCUT2D eigenvalue weighted by Crippen LogP contribution is 2.20. The third kappa shape index (κ3) is 6.17. The molecule has 3 amide bonds. The molecule has 3 rings (SSSR count). The van der Waals surface area contributed by atoms with Gasteiger partial charge in [0.25, 0.3) is 0 Å². The fraction of sp³-hybridized carbons (Fsp3) is 0.381. The summed E-state index contributed by atoms with van der Waals surface area (Å²) in [5, 5.41) is 5.30. The highest BCUT2D eigenvalue weighted by atomic mass is 32.2. The largest absolute Gasteiger partial charge is 0.353 e. The second-order valence-electron chi connectivity index (χ2n) is 7.44. The Morgan fingerprint density at radius 1 is 1.10 bits per heavy atom. The Bertz CT molecular complexity index is 1030. The number of nitrogens with one attached hydrogen (secondary N) is 2. The molecule has 0 bridgehead atoms. The third-order valence-corrected chi connectivity index (χ3v) is 6.23. The zero-order valence-electron chi connectivity index (χ0n) is 17.7. The molecule has 0 radical (unpaired) electrons. The van der Waals surface area contributed by atoms with E-state index in [1.165, 1.54) is 12.1 Å². The van der Waals surface area contributed by atoms with Crippen LogP contribution in [0.3, 0.4) is 0 Å². The molecule has 0 spiro atoms. The molecular weight excluding hydrogens is 418 g/mol. The number of amides is 3. The molecule has 0 saturated carbocycles. The lowest BCUT2D eigenvalue weighted by Gasteiger charge is -2.35. The van der Waals surface area contributed by atoms with Crippen LogP contribution in [0, 0.1) is 6.92 Å². The molecule has 0 aliphatic carbocycles. The average molecular weight is 446 g/mol. The van der Waals surface area contributed by atoms with Gasteiger partial charge >= 0.3 is 6.03 Å². The number of rotatable bonds is 6. The molecule has 2 N–H and O–H groups in total. The van der Waals surface area contributed by atoms with Crippen LogP contribution >= 0.6 is 0 Å². The molecular formula is C21H27N5O4S. The van der Waals surface area contributed by atoms with Gasteiger partial charge in [-0.15, -0.1) is 0 Å². The van der Waals surface area contributed by atoms with E-state index in [0.717, 1.165) is 17.6 Å². The molecule has 10 heteroatoms. The number of benzene rings is 1. The molecule has 2 aromatic rings. The molecule has 1 fully saturated rings. The lowest BCUT2D eigenvalue weighted by atomic mass is 10.2. The van der Waals surface area contributed by atoms with Crippen molar-refractivity contribution in [2.75, 3.05) is 49.2 Å². The number of nitrogens with zero attached hydrogens (tertiary/aromatic N) is 3. The first kappa shape index (κ1) is 22.5. The summed E-state index contributed by atoms with van der Waals surface area (Å²) in [6.07, 6.45) is 3.06. The Hall–Kier alpha value is -3.14. The van der Waals surface area contributed by atoms with Crippen LogP contribution in [0.1, 0.15) is 12.0 Å². The number of carbonyl (C=O) groups excluding carboxylic acids is 2. The molecule has 1 saturated heterocycles. The summed E-state index contributed by atoms with van der Waals surface area (Å²) in [5.74, 6) is 0.888. The number of pyridine rings is 1. The first-order chi connectivity index (χ1) is 14.7. The van der Waals surface area contributed by atoms with E-state index in [0.29, 0.717) is 31.9 Å². The lowest BCUT2D eigenvalue weighted by molar-refractivity contribution is -0.131. The Balaban J connectivity index is 1.43. The lowest BCUT2D eigenvalue weighted by Crippen LogP contribution is -2.49. The predicted molar refractivity (Wildman–Crippen MR) is 119 cm³/mol. The zero-order chi connectivity index (χ0) is 22.4. The van der Waals surface area contributed by atoms with E-state index in [2.05, 4.69) is 20.5 Å². The first-order valence-electron chi connectivity index (χ1n) is 10.0. The van der Waals surface area contributed by atoms with Crippen LogP contribution in [0.25, 0.3) is 0 Å². The molecule has 9 nitrogen and oxygen atoms in total. The third-order valence-electron chi connectivity index (χ3n) is 5.12. The van der Waals surface area contributed by atoms with Crippen LogP contribution < -0.4 is 15.5 Å². The Morgan fingerprint density at radius 3 is 2.48 bits per heavy atom. The molecule has 1 aliphatic rings. The summed E-state index contributed by atoms with van der Waals surface area (Å²) in [5.41, 5.74) is 1.15. The zero-order valence-corrected chi connectivity index (χ0v) is 18.5. The fourth-order valence-corrected chi connectivity index (χ4v) is 3.95. The topological polar surface area (TPSA) is 112 Å². The smallest absolute Gasteiger partial charge is 0.319 e. The maximum Gasteiger partial charge on any atom is 0.319 e. The van der Waals surface area contributed by atoms with Crippen LogP contribution in [-0.2, 0) is 14.6 Å². The van der Waals surface area contributed by atoms with Crippen molar-refractivity contribution >= 4 is 33.3 Å². The van der Waals surface area contributed by atoms with E-state index >= 15 is 0 Å². The van der Waals surface area contributed by atoms with Crippen molar-refractivity contribution < 1.29 is 18.0 Å². The van der Waals surface area contributed by atoms with Crippen molar-refractivity contribution in [3.05, 3.63) is 48.2 Å². The number of anilines is 2. The van der Waals surface area contributed by atoms with Crippen LogP contribution in [0.5, 0.6) is 0 Å². The second kappa shape index (κ2) is 9.78. The number of aromatic nitrogens is 1. The molecule has 2 heterocycles. The highest BCUT2D eigenvalue weighted by molar-refractivity contribution is 7.90. The van der Waals surface area contributed by atoms with E-state index in [-0.39, 0.29) is 23.8 Å². The Kier molecular flexibility index (Phi) is 7.11. The number of hydrogen-bond acceptors (Lipinski definition) is 6. The van der Waals surface area contributed by atoms with Crippen LogP contribution in [-0.4, -0.2) is 69.2 Å². The number of aryl methyl sites for hydroxylation is 1. The van der Waals surface area contributed by atoms with Crippen molar-refractivity contribution in [2.24, 2.45) is 0 Å². The van der Waals surface area contributed by atoms with Gasteiger partial charge in [-0.05, 0) is 36.8 Å². The number of sulfone groups is 1. The summed E-state index contributed by atoms with van der Waals surface area (Å²) >= 11 is 0. The minimum Gasteiger partial charge on any atom is -0.353 e. The quantitative estimate of drug-likeness (QED) is 0.699. The maximum atomic E-state index is 12.4. The van der Waals surface area contributed by atoms with Gasteiger partial charge in [-0.2, -0.15) is 0 Å². The molecule has 0 unspecified atom stereocenters. The van der Waals surface area contributed by atoms with E-state index < -0.39 is 15.9 Å². The van der Waals surface area contributed by atoms with Crippen molar-refractivity contribution in [1.29, 1.82) is 0 Å². The average Bonchev–Trinajstić information content (AvgIpc) is 2.75. The van der Waals surface area contributed by atoms with Crippen molar-refractivity contribution in [3.63, 3.8) is 0 Å². The van der Waals surface area contributed by atoms with Gasteiger partial charge in [-0.3, -0.25) is 4.79 Å². The van der Waals surface area contributed by atoms with E-state index in [1.54, 1.807) is 24.1 Å². The van der Waals surface area contributed by atoms with Gasteiger partial charge < -0.3 is 20.4 Å². The fourth-order valence-electron chi connectivity index (χ4n) is 3.30. The van der Waals surface area contributed by atoms with Gasteiger partial charge in [0.05, 0.1) is 4.90 Å². The van der Waals surface area contributed by atoms with Gasteiger partial charge in [-0.1, -0.05) is 12.1 Å². The first-order valence-corrected chi connectivity index (χ1v) is 11.9. The summed E-state index contributed by atoms with van der Waals surface area (Å²) in [7, 11) is -3.37. The van der Waals surface area contributed by atoms with Gasteiger partial charge in [0.2, 0.25) is 5.91 Å². The van der Waals surface area contributed by atoms with Gasteiger partial charge in [0, 0.05) is 57.3 Å². The van der Waals surface area contributed by atoms with Gasteiger partial charge in [-0.25, -0.2) is 18.2 Å². The predicted octanol–water partition coefficient (Wildman–Crippen LogP) is 1.65. The van der Waals surface area contributed by atoms with Crippen molar-refractivity contribution in [3.8, 4) is 0 Å². The maximum absolute atomic E-state index is 12.4. The Morgan fingerprint density at radius 2 is 1.84 bits per heavy atom. The monoisotopic (exact) mass is 445 g/mol. The Labute approximate surface area is 182 Å². The minimum absolute atomic E-state index is 0.0174. The van der Waals surface area contributed by atoms with Gasteiger partial charge in [0.1, 0.15) is 5.82 Å². The van der Waals surface area contributed by atoms with Crippen molar-refractivity contribution in [2.45, 2.75) is 18.2 Å². The van der Waals surface area contributed by atoms with E-state index in [1.807, 2.05) is 18.2 Å². The highest BCUT2D eigenvalue weighted by Gasteiger charge is 2.21.